The first-order chi connectivity index (χ1) is 12.7. The monoisotopic (exact) mass is 362 g/mol. The van der Waals surface area contributed by atoms with Gasteiger partial charge in [-0.05, 0) is 87.2 Å². The fraction of sp³-hybridized carbons (Fsp3) is 0.652. The highest BCUT2D eigenvalue weighted by Gasteiger charge is 2.30. The van der Waals surface area contributed by atoms with Gasteiger partial charge < -0.3 is 4.74 Å². The second kappa shape index (κ2) is 9.53. The van der Waals surface area contributed by atoms with Crippen molar-refractivity contribution in [2.45, 2.75) is 64.2 Å². The maximum atomic E-state index is 13.2. The number of allylic oxidation sites excluding steroid dienone is 1. The summed E-state index contributed by atoms with van der Waals surface area (Å²) in [5, 5.41) is 0. The average Bonchev–Trinajstić information content (AvgIpc) is 2.68. The Morgan fingerprint density at radius 1 is 0.885 bits per heavy atom. The molecule has 2 aliphatic rings. The summed E-state index contributed by atoms with van der Waals surface area (Å²) in [5.74, 6) is 2.04. The number of halogens is 2. The van der Waals surface area contributed by atoms with Gasteiger partial charge >= 0.3 is 0 Å². The summed E-state index contributed by atoms with van der Waals surface area (Å²) in [4.78, 5) is 0. The van der Waals surface area contributed by atoms with Crippen LogP contribution in [0.4, 0.5) is 8.78 Å². The minimum atomic E-state index is -0.838. The Hall–Kier alpha value is -1.38. The molecule has 0 radical (unpaired) electrons. The smallest absolute Gasteiger partial charge is 0.162 e. The lowest BCUT2D eigenvalue weighted by Gasteiger charge is -2.37. The van der Waals surface area contributed by atoms with Crippen LogP contribution in [0.2, 0.25) is 0 Å². The molecular formula is C23H32F2O. The Labute approximate surface area is 156 Å². The molecule has 26 heavy (non-hydrogen) atoms. The molecule has 1 nitrogen and oxygen atoms in total. The molecule has 1 aromatic rings. The third-order valence-electron chi connectivity index (χ3n) is 6.61. The van der Waals surface area contributed by atoms with Crippen molar-refractivity contribution in [1.82, 2.24) is 0 Å². The van der Waals surface area contributed by atoms with E-state index in [4.69, 9.17) is 4.74 Å². The van der Waals surface area contributed by atoms with E-state index in [0.717, 1.165) is 29.9 Å². The quantitative estimate of drug-likeness (QED) is 0.478. The van der Waals surface area contributed by atoms with Crippen molar-refractivity contribution < 1.29 is 13.5 Å². The maximum Gasteiger partial charge on any atom is 0.162 e. The molecule has 0 heterocycles. The Balaban J connectivity index is 1.36. The number of ether oxygens (including phenoxy) is 1. The molecule has 2 saturated carbocycles. The molecule has 0 aliphatic heterocycles. The van der Waals surface area contributed by atoms with Crippen LogP contribution in [0.25, 0.3) is 0 Å². The number of hydrogen-bond donors (Lipinski definition) is 0. The Bertz CT molecular complexity index is 570. The van der Waals surface area contributed by atoms with E-state index >= 15 is 0 Å². The van der Waals surface area contributed by atoms with Gasteiger partial charge in [0.1, 0.15) is 5.75 Å². The topological polar surface area (TPSA) is 9.23 Å². The molecule has 1 aromatic carbocycles. The molecule has 0 spiro atoms. The van der Waals surface area contributed by atoms with Gasteiger partial charge in [0, 0.05) is 6.07 Å². The number of benzene rings is 1. The zero-order chi connectivity index (χ0) is 18.4. The van der Waals surface area contributed by atoms with E-state index in [1.165, 1.54) is 70.3 Å². The summed E-state index contributed by atoms with van der Waals surface area (Å²) in [7, 11) is 0. The molecule has 0 bridgehead atoms. The van der Waals surface area contributed by atoms with E-state index in [1.54, 1.807) is 0 Å². The molecule has 0 unspecified atom stereocenters. The highest BCUT2D eigenvalue weighted by atomic mass is 19.2. The molecule has 2 aliphatic carbocycles. The molecule has 3 heteroatoms. The minimum absolute atomic E-state index is 0.434. The van der Waals surface area contributed by atoms with Crippen molar-refractivity contribution in [2.24, 2.45) is 23.7 Å². The molecule has 0 amide bonds. The molecule has 0 N–H and O–H groups in total. The van der Waals surface area contributed by atoms with E-state index in [0.29, 0.717) is 18.3 Å². The van der Waals surface area contributed by atoms with Gasteiger partial charge in [-0.1, -0.05) is 18.9 Å². The van der Waals surface area contributed by atoms with Gasteiger partial charge in [-0.2, -0.15) is 0 Å². The molecule has 0 aromatic heterocycles. The van der Waals surface area contributed by atoms with Crippen LogP contribution in [0.3, 0.4) is 0 Å². The first-order valence-corrected chi connectivity index (χ1v) is 10.3. The summed E-state index contributed by atoms with van der Waals surface area (Å²) in [6.45, 7) is 4.45. The summed E-state index contributed by atoms with van der Waals surface area (Å²) >= 11 is 0. The van der Waals surface area contributed by atoms with Crippen LogP contribution in [0, 0.1) is 35.3 Å². The van der Waals surface area contributed by atoms with E-state index in [1.807, 2.05) is 0 Å². The van der Waals surface area contributed by atoms with Crippen LogP contribution in [0.1, 0.15) is 64.2 Å². The maximum absolute atomic E-state index is 13.2. The van der Waals surface area contributed by atoms with Gasteiger partial charge in [0.2, 0.25) is 0 Å². The predicted molar refractivity (Wildman–Crippen MR) is 102 cm³/mol. The average molecular weight is 363 g/mol. The number of rotatable bonds is 7. The second-order valence-electron chi connectivity index (χ2n) is 8.31. The normalized spacial score (nSPS) is 29.3. The summed E-state index contributed by atoms with van der Waals surface area (Å²) in [6, 6.07) is 3.79. The van der Waals surface area contributed by atoms with Crippen LogP contribution >= 0.6 is 0 Å². The summed E-state index contributed by atoms with van der Waals surface area (Å²) in [6.07, 6.45) is 15.1. The van der Waals surface area contributed by atoms with Gasteiger partial charge in [-0.15, -0.1) is 6.58 Å². The van der Waals surface area contributed by atoms with Crippen LogP contribution in [0.5, 0.6) is 5.75 Å². The molecule has 2 fully saturated rings. The Morgan fingerprint density at radius 3 is 2.08 bits per heavy atom. The molecule has 144 valence electrons. The zero-order valence-corrected chi connectivity index (χ0v) is 15.8. The SMILES string of the molecule is C=CCC[C@H]1CC[C@H](C2CCC(COc3ccc(F)c(F)c3)CC2)CC1. The third-order valence-corrected chi connectivity index (χ3v) is 6.61. The zero-order valence-electron chi connectivity index (χ0n) is 15.8. The van der Waals surface area contributed by atoms with Crippen LogP contribution < -0.4 is 4.74 Å². The van der Waals surface area contributed by atoms with Crippen molar-refractivity contribution in [3.05, 3.63) is 42.5 Å². The van der Waals surface area contributed by atoms with E-state index in [9.17, 15) is 8.78 Å². The summed E-state index contributed by atoms with van der Waals surface area (Å²) < 4.78 is 31.9. The van der Waals surface area contributed by atoms with Crippen molar-refractivity contribution in [3.63, 3.8) is 0 Å². The van der Waals surface area contributed by atoms with Crippen LogP contribution in [0.15, 0.2) is 30.9 Å². The molecule has 0 saturated heterocycles. The Morgan fingerprint density at radius 2 is 1.50 bits per heavy atom. The molecule has 0 atom stereocenters. The first kappa shape index (κ1) is 19.4. The van der Waals surface area contributed by atoms with E-state index in [2.05, 4.69) is 12.7 Å². The predicted octanol–water partition coefficient (Wildman–Crippen LogP) is 6.92. The fourth-order valence-electron chi connectivity index (χ4n) is 4.91. The first-order valence-electron chi connectivity index (χ1n) is 10.3. The van der Waals surface area contributed by atoms with Crippen molar-refractivity contribution >= 4 is 0 Å². The van der Waals surface area contributed by atoms with Crippen molar-refractivity contribution in [1.29, 1.82) is 0 Å². The minimum Gasteiger partial charge on any atom is -0.493 e. The lowest BCUT2D eigenvalue weighted by molar-refractivity contribution is 0.122. The van der Waals surface area contributed by atoms with Crippen molar-refractivity contribution in [3.8, 4) is 5.75 Å². The third kappa shape index (κ3) is 5.31. The van der Waals surface area contributed by atoms with Gasteiger partial charge in [0.05, 0.1) is 6.61 Å². The lowest BCUT2D eigenvalue weighted by atomic mass is 9.69. The van der Waals surface area contributed by atoms with Gasteiger partial charge in [0.15, 0.2) is 11.6 Å². The Kier molecular flexibility index (Phi) is 7.10. The molecular weight excluding hydrogens is 330 g/mol. The number of hydrogen-bond acceptors (Lipinski definition) is 1. The van der Waals surface area contributed by atoms with Gasteiger partial charge in [-0.25, -0.2) is 8.78 Å². The highest BCUT2D eigenvalue weighted by Crippen LogP contribution is 2.42. The van der Waals surface area contributed by atoms with E-state index in [-0.39, 0.29) is 0 Å². The molecule has 3 rings (SSSR count). The largest absolute Gasteiger partial charge is 0.493 e. The van der Waals surface area contributed by atoms with Crippen LogP contribution in [-0.4, -0.2) is 6.61 Å². The van der Waals surface area contributed by atoms with Gasteiger partial charge in [-0.3, -0.25) is 0 Å². The van der Waals surface area contributed by atoms with Crippen LogP contribution in [-0.2, 0) is 0 Å². The van der Waals surface area contributed by atoms with E-state index < -0.39 is 11.6 Å². The second-order valence-corrected chi connectivity index (χ2v) is 8.31. The fourth-order valence-corrected chi connectivity index (χ4v) is 4.91. The van der Waals surface area contributed by atoms with Gasteiger partial charge in [0.25, 0.3) is 0 Å². The standard InChI is InChI=1S/C23H32F2O/c1-2-3-4-17-5-9-19(10-6-17)20-11-7-18(8-12-20)16-26-21-13-14-22(24)23(25)15-21/h2,13-15,17-20H,1,3-12,16H2/t17-,18?,19-,20?. The lowest BCUT2D eigenvalue weighted by Crippen LogP contribution is -2.27. The van der Waals surface area contributed by atoms with Crippen molar-refractivity contribution in [2.75, 3.05) is 6.61 Å². The summed E-state index contributed by atoms with van der Waals surface area (Å²) in [5.41, 5.74) is 0. The highest BCUT2D eigenvalue weighted by molar-refractivity contribution is 5.23.